The minimum absolute atomic E-state index is 0.0207. The maximum Gasteiger partial charge on any atom is 0.338 e. The summed E-state index contributed by atoms with van der Waals surface area (Å²) in [5.74, 6) is -0.162. The molecule has 6 aliphatic rings. The van der Waals surface area contributed by atoms with Gasteiger partial charge in [0.15, 0.2) is 0 Å². The molecular weight excluding hydrogens is 528 g/mol. The lowest BCUT2D eigenvalue weighted by Crippen LogP contribution is -2.58. The highest BCUT2D eigenvalue weighted by Crippen LogP contribution is 2.57. The molecule has 6 aliphatic heterocycles. The second-order valence-electron chi connectivity index (χ2n) is 11.0. The number of aldehydes is 1. The standard InChI is InChI=1S/C28H33BrO7/c1-16(29)13-19(33-27(31)17-5-3-2-4-6-17)9-11-28-14-20-23-21(8-7-18(32-23)10-12-30)34-26-24(20)35-22(15-28)25(26)36-28/h2-6,12,18-26H,1,7-11,13-15H2/t18-,19-,20+,21+,22?,23-,24+,25+,26-,28+/m1/s1. The summed E-state index contributed by atoms with van der Waals surface area (Å²) in [5.41, 5.74) is 0.173. The molecule has 1 aromatic rings. The lowest BCUT2D eigenvalue weighted by atomic mass is 9.73. The fourth-order valence-corrected chi connectivity index (χ4v) is 7.43. The minimum Gasteiger partial charge on any atom is -0.458 e. The smallest absolute Gasteiger partial charge is 0.338 e. The van der Waals surface area contributed by atoms with Crippen molar-refractivity contribution in [1.82, 2.24) is 0 Å². The van der Waals surface area contributed by atoms with Gasteiger partial charge in [-0.25, -0.2) is 4.79 Å². The van der Waals surface area contributed by atoms with E-state index in [9.17, 15) is 9.59 Å². The van der Waals surface area contributed by atoms with Crippen LogP contribution in [0.3, 0.4) is 0 Å². The fourth-order valence-electron chi connectivity index (χ4n) is 7.07. The normalized spacial score (nSPS) is 40.8. The summed E-state index contributed by atoms with van der Waals surface area (Å²) >= 11 is 3.45. The summed E-state index contributed by atoms with van der Waals surface area (Å²) in [6, 6.07) is 9.07. The Bertz CT molecular complexity index is 1000. The van der Waals surface area contributed by atoms with Gasteiger partial charge in [-0.05, 0) is 48.7 Å². The largest absolute Gasteiger partial charge is 0.458 e. The first kappa shape index (κ1) is 24.7. The van der Waals surface area contributed by atoms with Crippen LogP contribution in [0.1, 0.15) is 61.7 Å². The number of hydrogen-bond donors (Lipinski definition) is 0. The van der Waals surface area contributed by atoms with Crippen LogP contribution in [0.4, 0.5) is 0 Å². The highest BCUT2D eigenvalue weighted by atomic mass is 79.9. The second kappa shape index (κ2) is 9.95. The van der Waals surface area contributed by atoms with Crippen molar-refractivity contribution < 1.29 is 33.3 Å². The highest BCUT2D eigenvalue weighted by Gasteiger charge is 2.67. The molecule has 8 heteroatoms. The highest BCUT2D eigenvalue weighted by molar-refractivity contribution is 9.11. The van der Waals surface area contributed by atoms with Gasteiger partial charge in [-0.3, -0.25) is 0 Å². The average molecular weight is 561 g/mol. The van der Waals surface area contributed by atoms with Crippen molar-refractivity contribution >= 4 is 28.2 Å². The van der Waals surface area contributed by atoms with Crippen LogP contribution in [-0.2, 0) is 28.5 Å². The van der Waals surface area contributed by atoms with Crippen molar-refractivity contribution in [2.75, 3.05) is 0 Å². The van der Waals surface area contributed by atoms with Crippen molar-refractivity contribution in [2.45, 2.75) is 106 Å². The summed E-state index contributed by atoms with van der Waals surface area (Å²) in [6.07, 6.45) is 6.14. The third kappa shape index (κ3) is 4.60. The van der Waals surface area contributed by atoms with E-state index < -0.39 is 0 Å². The average Bonchev–Trinajstić information content (AvgIpc) is 3.28. The Morgan fingerprint density at radius 2 is 1.89 bits per heavy atom. The molecule has 194 valence electrons. The number of ether oxygens (including phenoxy) is 5. The third-order valence-electron chi connectivity index (χ3n) is 8.59. The monoisotopic (exact) mass is 560 g/mol. The Morgan fingerprint density at radius 3 is 2.67 bits per heavy atom. The quantitative estimate of drug-likeness (QED) is 0.324. The van der Waals surface area contributed by atoms with Gasteiger partial charge < -0.3 is 28.5 Å². The fraction of sp³-hybridized carbons (Fsp3) is 0.643. The van der Waals surface area contributed by atoms with Gasteiger partial charge >= 0.3 is 5.97 Å². The Labute approximate surface area is 219 Å². The van der Waals surface area contributed by atoms with Crippen LogP contribution in [0.15, 0.2) is 41.4 Å². The molecule has 6 fully saturated rings. The molecule has 1 aromatic carbocycles. The Balaban J connectivity index is 1.18. The summed E-state index contributed by atoms with van der Waals surface area (Å²) in [5, 5.41) is 0. The molecule has 0 amide bonds. The van der Waals surface area contributed by atoms with Gasteiger partial charge in [0.1, 0.15) is 24.6 Å². The number of esters is 1. The van der Waals surface area contributed by atoms with Gasteiger partial charge in [0.25, 0.3) is 0 Å². The number of rotatable bonds is 9. The van der Waals surface area contributed by atoms with Crippen molar-refractivity contribution in [2.24, 2.45) is 5.92 Å². The minimum atomic E-state index is -0.367. The topological polar surface area (TPSA) is 80.3 Å². The zero-order valence-corrected chi connectivity index (χ0v) is 21.8. The summed E-state index contributed by atoms with van der Waals surface area (Å²) in [7, 11) is 0. The van der Waals surface area contributed by atoms with Crippen LogP contribution in [0.25, 0.3) is 0 Å². The van der Waals surface area contributed by atoms with Crippen LogP contribution >= 0.6 is 15.9 Å². The Kier molecular flexibility index (Phi) is 6.84. The molecule has 6 saturated heterocycles. The number of hydrogen-bond acceptors (Lipinski definition) is 7. The summed E-state index contributed by atoms with van der Waals surface area (Å²) in [6.45, 7) is 3.98. The SMILES string of the molecule is C=C(Br)C[C@@H](CC[C@@]12CC3O[C@H]4[C@@H](C1)[C@H]1O[C@@H](CC=O)CC[C@@H]1O[C@H]4[C@H]3O2)OC(=O)c1ccccc1. The van der Waals surface area contributed by atoms with Gasteiger partial charge in [0.2, 0.25) is 0 Å². The lowest BCUT2D eigenvalue weighted by Gasteiger charge is -2.47. The maximum atomic E-state index is 12.8. The molecule has 0 spiro atoms. The van der Waals surface area contributed by atoms with Crippen molar-refractivity contribution in [3.8, 4) is 0 Å². The predicted octanol–water partition coefficient (Wildman–Crippen LogP) is 4.51. The molecule has 0 aromatic heterocycles. The first-order valence-electron chi connectivity index (χ1n) is 13.1. The molecule has 10 atom stereocenters. The van der Waals surface area contributed by atoms with E-state index in [2.05, 4.69) is 22.5 Å². The van der Waals surface area contributed by atoms with E-state index in [-0.39, 0.29) is 66.3 Å². The van der Waals surface area contributed by atoms with E-state index >= 15 is 0 Å². The van der Waals surface area contributed by atoms with Crippen molar-refractivity contribution in [3.63, 3.8) is 0 Å². The first-order chi connectivity index (χ1) is 17.4. The summed E-state index contributed by atoms with van der Waals surface area (Å²) in [4.78, 5) is 23.9. The first-order valence-corrected chi connectivity index (χ1v) is 13.9. The Hall–Kier alpha value is -1.58. The van der Waals surface area contributed by atoms with E-state index in [0.29, 0.717) is 24.8 Å². The molecule has 6 bridgehead atoms. The van der Waals surface area contributed by atoms with Crippen LogP contribution in [0.2, 0.25) is 0 Å². The third-order valence-corrected chi connectivity index (χ3v) is 8.92. The van der Waals surface area contributed by atoms with E-state index in [1.807, 2.05) is 18.2 Å². The number of benzene rings is 1. The van der Waals surface area contributed by atoms with Crippen LogP contribution in [0, 0.1) is 5.92 Å². The number of halogens is 1. The number of fused-ring (bicyclic) bond motifs is 1. The van der Waals surface area contributed by atoms with Gasteiger partial charge in [0.05, 0.1) is 41.7 Å². The van der Waals surface area contributed by atoms with Crippen LogP contribution in [-0.4, -0.2) is 66.7 Å². The number of carbonyl (C=O) groups is 2. The Morgan fingerprint density at radius 1 is 1.08 bits per heavy atom. The molecular formula is C28H33BrO7. The van der Waals surface area contributed by atoms with Gasteiger partial charge in [-0.2, -0.15) is 0 Å². The van der Waals surface area contributed by atoms with E-state index in [1.54, 1.807) is 12.1 Å². The molecule has 36 heavy (non-hydrogen) atoms. The molecule has 7 rings (SSSR count). The summed E-state index contributed by atoms with van der Waals surface area (Å²) < 4.78 is 33.0. The second-order valence-corrected chi connectivity index (χ2v) is 12.1. The molecule has 0 N–H and O–H groups in total. The van der Waals surface area contributed by atoms with Crippen molar-refractivity contribution in [3.05, 3.63) is 47.0 Å². The zero-order valence-electron chi connectivity index (χ0n) is 20.3. The van der Waals surface area contributed by atoms with E-state index in [4.69, 9.17) is 23.7 Å². The molecule has 1 unspecified atom stereocenters. The van der Waals surface area contributed by atoms with Crippen molar-refractivity contribution in [1.29, 1.82) is 0 Å². The van der Waals surface area contributed by atoms with Crippen LogP contribution in [0.5, 0.6) is 0 Å². The molecule has 0 radical (unpaired) electrons. The molecule has 6 heterocycles. The molecule has 7 nitrogen and oxygen atoms in total. The predicted molar refractivity (Wildman–Crippen MR) is 134 cm³/mol. The lowest BCUT2D eigenvalue weighted by molar-refractivity contribution is -0.236. The van der Waals surface area contributed by atoms with Gasteiger partial charge in [-0.15, -0.1) is 0 Å². The number of carbonyl (C=O) groups excluding carboxylic acids is 2. The van der Waals surface area contributed by atoms with Crippen LogP contribution < -0.4 is 0 Å². The molecule has 0 saturated carbocycles. The zero-order chi connectivity index (χ0) is 24.9. The maximum absolute atomic E-state index is 12.8. The van der Waals surface area contributed by atoms with Gasteiger partial charge in [-0.1, -0.05) is 40.7 Å². The van der Waals surface area contributed by atoms with E-state index in [0.717, 1.165) is 42.9 Å². The van der Waals surface area contributed by atoms with Gasteiger partial charge in [0, 0.05) is 25.2 Å². The molecule has 0 aliphatic carbocycles. The van der Waals surface area contributed by atoms with E-state index in [1.165, 1.54) is 0 Å².